The topological polar surface area (TPSA) is 40.5 Å². The molecule has 2 heterocycles. The summed E-state index contributed by atoms with van der Waals surface area (Å²) >= 11 is 0. The number of allylic oxidation sites excluding steroid dienone is 4. The standard InChI is InChI=1S/C56H42NO2PS/c1-2-3-4-5-23-40-56(48-32-17-20-35-51(48)58)46-30-15-18-33-49(46)57(50-34-19-16-31-47(50)56)42-38-39-53-55(41-42)61(44-26-11-7-12-27-44,45-28-13-8-14-29-45)54-37-22-21-36-52(54)60(53,59)43-24-9-6-10-25-43/h1,3-39,41,58H,40H2/b4-3-,23-5-. The van der Waals surface area contributed by atoms with Gasteiger partial charge in [0.1, 0.15) is 5.75 Å². The summed E-state index contributed by atoms with van der Waals surface area (Å²) in [4.78, 5) is 6.86. The van der Waals surface area contributed by atoms with E-state index in [1.54, 1.807) is 12.1 Å². The molecule has 0 amide bonds. The lowest BCUT2D eigenvalue weighted by Crippen LogP contribution is -2.37. The first-order valence-electron chi connectivity index (χ1n) is 20.4. The van der Waals surface area contributed by atoms with Crippen molar-refractivity contribution in [3.05, 3.63) is 247 Å². The van der Waals surface area contributed by atoms with E-state index in [9.17, 15) is 5.11 Å². The fourth-order valence-electron chi connectivity index (χ4n) is 9.68. The molecule has 0 radical (unpaired) electrons. The Bertz CT molecular complexity index is 2990. The summed E-state index contributed by atoms with van der Waals surface area (Å²) < 4.78 is 16.5. The number of terminal acetylenes is 1. The number of fused-ring (bicyclic) bond motifs is 4. The van der Waals surface area contributed by atoms with Crippen LogP contribution in [-0.2, 0) is 9.98 Å². The smallest absolute Gasteiger partial charge is 0.173 e. The Morgan fingerprint density at radius 2 is 1.10 bits per heavy atom. The second kappa shape index (κ2) is 15.5. The van der Waals surface area contributed by atoms with E-state index in [0.29, 0.717) is 6.42 Å². The molecule has 0 aliphatic carbocycles. The molecule has 2 aliphatic heterocycles. The molecule has 8 aromatic rings. The Morgan fingerprint density at radius 1 is 0.574 bits per heavy atom. The largest absolute Gasteiger partial charge is 0.508 e. The van der Waals surface area contributed by atoms with Gasteiger partial charge >= 0.3 is 0 Å². The van der Waals surface area contributed by atoms with Crippen molar-refractivity contribution in [2.45, 2.75) is 31.4 Å². The Balaban J connectivity index is 1.30. The van der Waals surface area contributed by atoms with Gasteiger partial charge < -0.3 is 14.6 Å². The number of rotatable bonds is 8. The van der Waals surface area contributed by atoms with Gasteiger partial charge in [0.25, 0.3) is 0 Å². The minimum absolute atomic E-state index is 0.233. The number of anilines is 3. The van der Waals surface area contributed by atoms with E-state index in [2.05, 4.69) is 162 Å². The van der Waals surface area contributed by atoms with Crippen molar-refractivity contribution in [2.75, 3.05) is 4.90 Å². The second-order valence-corrected chi connectivity index (χ2v) is 21.0. The molecule has 10 rings (SSSR count). The van der Waals surface area contributed by atoms with E-state index in [1.165, 1.54) is 9.79 Å². The van der Waals surface area contributed by atoms with Crippen LogP contribution in [0.25, 0.3) is 0 Å². The molecule has 0 saturated carbocycles. The number of hydrogen-bond donors (Lipinski definition) is 1. The highest BCUT2D eigenvalue weighted by molar-refractivity contribution is 8.34. The molecule has 0 bridgehead atoms. The number of aromatic hydroxyl groups is 1. The van der Waals surface area contributed by atoms with Crippen molar-refractivity contribution in [1.82, 2.24) is 0 Å². The van der Waals surface area contributed by atoms with Crippen molar-refractivity contribution >= 4 is 50.1 Å². The first-order valence-corrected chi connectivity index (χ1v) is 23.8. The van der Waals surface area contributed by atoms with Crippen molar-refractivity contribution in [1.29, 1.82) is 0 Å². The van der Waals surface area contributed by atoms with E-state index in [4.69, 9.17) is 6.42 Å². The van der Waals surface area contributed by atoms with Crippen molar-refractivity contribution in [3.8, 4) is 18.1 Å². The molecular formula is C56H42NO2PS. The highest BCUT2D eigenvalue weighted by atomic mass is 32.3. The quantitative estimate of drug-likeness (QED) is 0.0943. The molecule has 0 spiro atoms. The molecule has 5 heteroatoms. The number of hydrogen-bond acceptors (Lipinski definition) is 3. The molecule has 0 aromatic heterocycles. The Kier molecular flexibility index (Phi) is 9.73. The number of nitrogens with zero attached hydrogens (tertiary/aromatic N) is 1. The van der Waals surface area contributed by atoms with Crippen LogP contribution < -0.4 is 20.8 Å². The van der Waals surface area contributed by atoms with Gasteiger partial charge in [0.15, 0.2) is 7.14 Å². The van der Waals surface area contributed by atoms with Gasteiger partial charge in [-0.15, -0.1) is 16.5 Å². The van der Waals surface area contributed by atoms with Crippen LogP contribution in [0.4, 0.5) is 17.1 Å². The summed E-state index contributed by atoms with van der Waals surface area (Å²) in [5, 5.41) is 14.3. The third-order valence-electron chi connectivity index (χ3n) is 12.2. The number of benzene rings is 8. The fraction of sp³-hybridized carbons (Fsp3) is 0.0357. The fourth-order valence-corrected chi connectivity index (χ4v) is 18.0. The molecule has 294 valence electrons. The molecule has 3 nitrogen and oxygen atoms in total. The molecule has 1 unspecified atom stereocenters. The minimum Gasteiger partial charge on any atom is -0.508 e. The summed E-state index contributed by atoms with van der Waals surface area (Å²) in [7, 11) is -5.62. The molecule has 61 heavy (non-hydrogen) atoms. The third kappa shape index (κ3) is 5.81. The molecular weight excluding hydrogens is 782 g/mol. The Morgan fingerprint density at radius 3 is 1.72 bits per heavy atom. The zero-order valence-corrected chi connectivity index (χ0v) is 35.1. The monoisotopic (exact) mass is 823 g/mol. The maximum atomic E-state index is 16.5. The normalized spacial score (nSPS) is 17.4. The summed E-state index contributed by atoms with van der Waals surface area (Å²) in [6.07, 6.45) is 13.8. The highest BCUT2D eigenvalue weighted by Gasteiger charge is 2.50. The van der Waals surface area contributed by atoms with E-state index in [1.807, 2.05) is 66.7 Å². The van der Waals surface area contributed by atoms with Crippen LogP contribution in [0.1, 0.15) is 23.1 Å². The van der Waals surface area contributed by atoms with E-state index >= 15 is 4.57 Å². The summed E-state index contributed by atoms with van der Waals surface area (Å²) in [6.45, 7) is 0. The van der Waals surface area contributed by atoms with Crippen LogP contribution in [0.5, 0.6) is 5.75 Å². The lowest BCUT2D eigenvalue weighted by atomic mass is 9.64. The van der Waals surface area contributed by atoms with Crippen LogP contribution in [-0.4, -0.2) is 5.11 Å². The van der Waals surface area contributed by atoms with Gasteiger partial charge in [-0.3, -0.25) is 0 Å². The van der Waals surface area contributed by atoms with Crippen LogP contribution in [0.2, 0.25) is 0 Å². The minimum atomic E-state index is -3.40. The lowest BCUT2D eigenvalue weighted by molar-refractivity contribution is 0.452. The number of phenols is 1. The third-order valence-corrected chi connectivity index (χ3v) is 19.6. The molecule has 0 saturated heterocycles. The van der Waals surface area contributed by atoms with Crippen LogP contribution in [0, 0.1) is 12.3 Å². The Labute approximate surface area is 359 Å². The van der Waals surface area contributed by atoms with Gasteiger partial charge in [0, 0.05) is 46.7 Å². The predicted molar refractivity (Wildman–Crippen MR) is 254 cm³/mol. The molecule has 8 aromatic carbocycles. The summed E-state index contributed by atoms with van der Waals surface area (Å²) in [6, 6.07) is 71.5. The van der Waals surface area contributed by atoms with Gasteiger partial charge in [-0.2, -0.15) is 0 Å². The first-order chi connectivity index (χ1) is 30.0. The second-order valence-electron chi connectivity index (χ2n) is 15.3. The number of phenolic OH excluding ortho intramolecular Hbond substituents is 1. The van der Waals surface area contributed by atoms with Crippen molar-refractivity contribution in [3.63, 3.8) is 0 Å². The lowest BCUT2D eigenvalue weighted by Gasteiger charge is -2.49. The zero-order chi connectivity index (χ0) is 41.4. The van der Waals surface area contributed by atoms with E-state index in [0.717, 1.165) is 59.5 Å². The maximum absolute atomic E-state index is 16.5. The molecule has 1 N–H and O–H groups in total. The van der Waals surface area contributed by atoms with E-state index in [-0.39, 0.29) is 5.75 Å². The summed E-state index contributed by atoms with van der Waals surface area (Å²) in [5.74, 6) is 2.82. The zero-order valence-electron chi connectivity index (χ0n) is 33.4. The van der Waals surface area contributed by atoms with Gasteiger partial charge in [-0.05, 0) is 96.4 Å². The maximum Gasteiger partial charge on any atom is 0.173 e. The van der Waals surface area contributed by atoms with Crippen LogP contribution in [0.3, 0.4) is 0 Å². The first kappa shape index (κ1) is 38.2. The van der Waals surface area contributed by atoms with Gasteiger partial charge in [-0.1, -0.05) is 158 Å². The highest BCUT2D eigenvalue weighted by Crippen LogP contribution is 2.77. The predicted octanol–water partition coefficient (Wildman–Crippen LogP) is 12.9. The average molecular weight is 824 g/mol. The van der Waals surface area contributed by atoms with Gasteiger partial charge in [-0.25, -0.2) is 0 Å². The van der Waals surface area contributed by atoms with Gasteiger partial charge in [0.2, 0.25) is 0 Å². The van der Waals surface area contributed by atoms with Crippen molar-refractivity contribution in [2.24, 2.45) is 0 Å². The number of para-hydroxylation sites is 3. The van der Waals surface area contributed by atoms with Gasteiger partial charge in [0.05, 0.1) is 16.8 Å². The molecule has 1 atom stereocenters. The van der Waals surface area contributed by atoms with Crippen LogP contribution >= 0.6 is 17.2 Å². The summed E-state index contributed by atoms with van der Waals surface area (Å²) in [5.41, 5.74) is 5.14. The van der Waals surface area contributed by atoms with Crippen molar-refractivity contribution < 1.29 is 9.67 Å². The van der Waals surface area contributed by atoms with Crippen LogP contribution in [0.15, 0.2) is 250 Å². The average Bonchev–Trinajstić information content (AvgIpc) is 3.32. The SMILES string of the molecule is C#C/C=C\C=C/CC1(c2ccccc2O)c2ccccc2N(c2ccc3c(c2)S(c2ccccc2)(c2ccccc2)c2ccccc2P3(=O)c2ccccc2)c2ccccc21. The van der Waals surface area contributed by atoms with E-state index < -0.39 is 22.6 Å². The Hall–Kier alpha value is -7.02. The molecule has 2 aliphatic rings. The molecule has 0 fully saturated rings.